The Kier molecular flexibility index (Phi) is 6.84. The number of pyridine rings is 1. The SMILES string of the molecule is CC[C@@H]1CCN(C(=O)Nc2ccc(C)c(-c3cc(N4CCOCC4)nc(N4C[C@@H](O)[C@@H]4C)c3)c2)C1. The van der Waals surface area contributed by atoms with Gasteiger partial charge in [0.15, 0.2) is 0 Å². The van der Waals surface area contributed by atoms with Crippen LogP contribution >= 0.6 is 0 Å². The van der Waals surface area contributed by atoms with Crippen LogP contribution in [-0.4, -0.2) is 79.1 Å². The number of aryl methyl sites for hydroxylation is 1. The number of aliphatic hydroxyl groups is 1. The van der Waals surface area contributed by atoms with E-state index in [-0.39, 0.29) is 18.2 Å². The first-order valence-electron chi connectivity index (χ1n) is 12.9. The zero-order valence-corrected chi connectivity index (χ0v) is 21.0. The van der Waals surface area contributed by atoms with E-state index < -0.39 is 0 Å². The number of anilines is 3. The Bertz CT molecular complexity index is 1050. The number of carbonyl (C=O) groups excluding carboxylic acids is 1. The molecule has 0 aliphatic carbocycles. The second-order valence-corrected chi connectivity index (χ2v) is 10.1. The summed E-state index contributed by atoms with van der Waals surface area (Å²) in [6, 6.07) is 10.4. The van der Waals surface area contributed by atoms with Gasteiger partial charge in [0.05, 0.1) is 25.4 Å². The maximum atomic E-state index is 12.9. The van der Waals surface area contributed by atoms with Gasteiger partial charge in [0.2, 0.25) is 0 Å². The maximum Gasteiger partial charge on any atom is 0.321 e. The van der Waals surface area contributed by atoms with Crippen molar-refractivity contribution in [3.05, 3.63) is 35.9 Å². The van der Waals surface area contributed by atoms with Crippen molar-refractivity contribution in [2.24, 2.45) is 5.92 Å². The van der Waals surface area contributed by atoms with Gasteiger partial charge in [0, 0.05) is 38.4 Å². The number of hydrogen-bond donors (Lipinski definition) is 2. The number of nitrogens with zero attached hydrogens (tertiary/aromatic N) is 4. The summed E-state index contributed by atoms with van der Waals surface area (Å²) in [6.45, 7) is 11.5. The molecule has 0 unspecified atom stereocenters. The average Bonchev–Trinajstić information content (AvgIpc) is 3.38. The maximum absolute atomic E-state index is 12.9. The van der Waals surface area contributed by atoms with Gasteiger partial charge in [-0.25, -0.2) is 9.78 Å². The lowest BCUT2D eigenvalue weighted by atomic mass is 9.98. The summed E-state index contributed by atoms with van der Waals surface area (Å²) in [5.74, 6) is 2.40. The summed E-state index contributed by atoms with van der Waals surface area (Å²) in [5, 5.41) is 13.2. The largest absolute Gasteiger partial charge is 0.389 e. The fourth-order valence-corrected chi connectivity index (χ4v) is 5.21. The lowest BCUT2D eigenvalue weighted by molar-refractivity contribution is 0.0987. The molecular weight excluding hydrogens is 442 g/mol. The Balaban J connectivity index is 1.44. The number of aromatic nitrogens is 1. The highest BCUT2D eigenvalue weighted by Crippen LogP contribution is 2.35. The first kappa shape index (κ1) is 23.9. The van der Waals surface area contributed by atoms with Crippen molar-refractivity contribution < 1.29 is 14.6 Å². The molecule has 1 aromatic carbocycles. The van der Waals surface area contributed by atoms with Gasteiger partial charge in [0.25, 0.3) is 0 Å². The van der Waals surface area contributed by atoms with E-state index in [2.05, 4.69) is 53.2 Å². The minimum Gasteiger partial charge on any atom is -0.389 e. The molecule has 2 aromatic rings. The van der Waals surface area contributed by atoms with E-state index in [0.717, 1.165) is 73.0 Å². The first-order chi connectivity index (χ1) is 16.9. The minimum atomic E-state index is -0.328. The third kappa shape index (κ3) is 4.95. The minimum absolute atomic E-state index is 0.0245. The highest BCUT2D eigenvalue weighted by molar-refractivity contribution is 5.91. The summed E-state index contributed by atoms with van der Waals surface area (Å²) in [5.41, 5.74) is 4.07. The van der Waals surface area contributed by atoms with E-state index in [4.69, 9.17) is 9.72 Å². The molecule has 3 aliphatic heterocycles. The summed E-state index contributed by atoms with van der Waals surface area (Å²) < 4.78 is 5.55. The fourth-order valence-electron chi connectivity index (χ4n) is 5.21. The Morgan fingerprint density at radius 1 is 1.14 bits per heavy atom. The fraction of sp³-hybridized carbons (Fsp3) is 0.556. The number of rotatable bonds is 5. The predicted octanol–water partition coefficient (Wildman–Crippen LogP) is 3.73. The van der Waals surface area contributed by atoms with Crippen LogP contribution < -0.4 is 15.1 Å². The Morgan fingerprint density at radius 2 is 1.91 bits per heavy atom. The van der Waals surface area contributed by atoms with E-state index in [1.54, 1.807) is 0 Å². The van der Waals surface area contributed by atoms with Gasteiger partial charge < -0.3 is 29.9 Å². The average molecular weight is 480 g/mol. The summed E-state index contributed by atoms with van der Waals surface area (Å²) in [6.07, 6.45) is 1.86. The van der Waals surface area contributed by atoms with Crippen molar-refractivity contribution in [1.29, 1.82) is 0 Å². The Morgan fingerprint density at radius 3 is 2.60 bits per heavy atom. The molecule has 3 aliphatic rings. The monoisotopic (exact) mass is 479 g/mol. The standard InChI is InChI=1S/C27H37N5O3/c1-4-20-7-8-31(16-20)27(34)28-22-6-5-18(2)23(15-22)21-13-25(30-9-11-35-12-10-30)29-26(14-21)32-17-24(33)19(32)3/h5-6,13-15,19-20,24,33H,4,7-12,16-17H2,1-3H3,(H,28,34)/t19-,20+,24+/m0/s1. The second kappa shape index (κ2) is 10.0. The lowest BCUT2D eigenvalue weighted by Gasteiger charge is -2.44. The van der Waals surface area contributed by atoms with E-state index in [1.165, 1.54) is 0 Å². The number of ether oxygens (including phenoxy) is 1. The van der Waals surface area contributed by atoms with Crippen LogP contribution in [0.25, 0.3) is 11.1 Å². The van der Waals surface area contributed by atoms with E-state index in [9.17, 15) is 9.90 Å². The van der Waals surface area contributed by atoms with Crippen LogP contribution in [0, 0.1) is 12.8 Å². The third-order valence-electron chi connectivity index (χ3n) is 7.81. The van der Waals surface area contributed by atoms with Gasteiger partial charge in [-0.1, -0.05) is 19.4 Å². The quantitative estimate of drug-likeness (QED) is 0.680. The predicted molar refractivity (Wildman–Crippen MR) is 139 cm³/mol. The molecule has 3 fully saturated rings. The number of carbonyl (C=O) groups is 1. The zero-order valence-electron chi connectivity index (χ0n) is 21.0. The first-order valence-corrected chi connectivity index (χ1v) is 12.9. The van der Waals surface area contributed by atoms with Crippen molar-refractivity contribution in [2.45, 2.75) is 45.8 Å². The molecule has 2 amide bonds. The smallest absolute Gasteiger partial charge is 0.321 e. The molecule has 8 heteroatoms. The molecule has 0 spiro atoms. The van der Waals surface area contributed by atoms with Crippen molar-refractivity contribution in [1.82, 2.24) is 9.88 Å². The van der Waals surface area contributed by atoms with Gasteiger partial charge in [0.1, 0.15) is 11.6 Å². The van der Waals surface area contributed by atoms with Crippen molar-refractivity contribution >= 4 is 23.4 Å². The number of aliphatic hydroxyl groups excluding tert-OH is 1. The number of nitrogens with one attached hydrogen (secondary N) is 1. The van der Waals surface area contributed by atoms with Crippen LogP contribution in [0.4, 0.5) is 22.1 Å². The van der Waals surface area contributed by atoms with Crippen LogP contribution in [0.3, 0.4) is 0 Å². The number of benzene rings is 1. The van der Waals surface area contributed by atoms with Gasteiger partial charge in [-0.2, -0.15) is 0 Å². The van der Waals surface area contributed by atoms with Crippen molar-refractivity contribution in [3.63, 3.8) is 0 Å². The van der Waals surface area contributed by atoms with Gasteiger partial charge in [-0.3, -0.25) is 0 Å². The van der Waals surface area contributed by atoms with Crippen LogP contribution in [-0.2, 0) is 4.74 Å². The topological polar surface area (TPSA) is 81.2 Å². The lowest BCUT2D eigenvalue weighted by Crippen LogP contribution is -2.59. The number of hydrogen-bond acceptors (Lipinski definition) is 6. The molecule has 8 nitrogen and oxygen atoms in total. The molecule has 188 valence electrons. The van der Waals surface area contributed by atoms with Crippen molar-refractivity contribution in [2.75, 3.05) is 61.1 Å². The van der Waals surface area contributed by atoms with Crippen molar-refractivity contribution in [3.8, 4) is 11.1 Å². The molecule has 0 radical (unpaired) electrons. The zero-order chi connectivity index (χ0) is 24.5. The number of likely N-dealkylation sites (tertiary alicyclic amines) is 1. The Labute approximate surface area is 207 Å². The highest BCUT2D eigenvalue weighted by Gasteiger charge is 2.35. The molecular formula is C27H37N5O3. The van der Waals surface area contributed by atoms with Gasteiger partial charge in [-0.05, 0) is 67.1 Å². The molecule has 4 heterocycles. The van der Waals surface area contributed by atoms with Crippen LogP contribution in [0.15, 0.2) is 30.3 Å². The van der Waals surface area contributed by atoms with Gasteiger partial charge >= 0.3 is 6.03 Å². The molecule has 1 aromatic heterocycles. The summed E-state index contributed by atoms with van der Waals surface area (Å²) in [7, 11) is 0. The molecule has 35 heavy (non-hydrogen) atoms. The number of amides is 2. The summed E-state index contributed by atoms with van der Waals surface area (Å²) >= 11 is 0. The molecule has 0 saturated carbocycles. The number of urea groups is 1. The van der Waals surface area contributed by atoms with Gasteiger partial charge in [-0.15, -0.1) is 0 Å². The summed E-state index contributed by atoms with van der Waals surface area (Å²) in [4.78, 5) is 24.2. The van der Waals surface area contributed by atoms with E-state index in [0.29, 0.717) is 25.7 Å². The van der Waals surface area contributed by atoms with Crippen LogP contribution in [0.2, 0.25) is 0 Å². The Hall–Kier alpha value is -2.84. The van der Waals surface area contributed by atoms with Crippen LogP contribution in [0.1, 0.15) is 32.3 Å². The number of morpholine rings is 1. The molecule has 3 atom stereocenters. The molecule has 5 rings (SSSR count). The molecule has 0 bridgehead atoms. The van der Waals surface area contributed by atoms with E-state index >= 15 is 0 Å². The molecule has 2 N–H and O–H groups in total. The van der Waals surface area contributed by atoms with Crippen LogP contribution in [0.5, 0.6) is 0 Å². The normalized spacial score (nSPS) is 24.5. The number of β-amino-alcohol motifs (C(OH)–C–C–N with tert-alkyl or cyclic N) is 1. The van der Waals surface area contributed by atoms with E-state index in [1.807, 2.05) is 17.9 Å². The highest BCUT2D eigenvalue weighted by atomic mass is 16.5. The molecule has 3 saturated heterocycles. The second-order valence-electron chi connectivity index (χ2n) is 10.1. The third-order valence-corrected chi connectivity index (χ3v) is 7.81.